The van der Waals surface area contributed by atoms with Gasteiger partial charge in [0.05, 0.1) is 6.61 Å². The van der Waals surface area contributed by atoms with Gasteiger partial charge in [-0.25, -0.2) is 10.0 Å². The van der Waals surface area contributed by atoms with Crippen molar-refractivity contribution in [2.75, 3.05) is 11.9 Å². The van der Waals surface area contributed by atoms with E-state index in [1.807, 2.05) is 12.1 Å². The normalized spacial score (nSPS) is 24.5. The van der Waals surface area contributed by atoms with Crippen molar-refractivity contribution in [2.45, 2.75) is 25.3 Å². The number of carbonyl (C=O) groups is 1. The van der Waals surface area contributed by atoms with Crippen molar-refractivity contribution in [1.82, 2.24) is 0 Å². The number of carbonyl (C=O) groups excluding carboxylic acids is 1. The Kier molecular flexibility index (Phi) is 3.95. The molecule has 0 saturated carbocycles. The highest BCUT2D eigenvalue weighted by Crippen LogP contribution is 2.50. The molecule has 0 bridgehead atoms. The molecular weight excluding hydrogens is 320 g/mol. The second kappa shape index (κ2) is 6.15. The van der Waals surface area contributed by atoms with Gasteiger partial charge in [0.2, 0.25) is 0 Å². The molecule has 4 unspecified atom stereocenters. The molecule has 3 N–H and O–H groups in total. The number of quaternary nitrogens is 1. The Morgan fingerprint density at radius 1 is 1.32 bits per heavy atom. The van der Waals surface area contributed by atoms with Crippen molar-refractivity contribution in [1.29, 1.82) is 0 Å². The lowest BCUT2D eigenvalue weighted by atomic mass is 9.77. The molecule has 2 aliphatic rings. The Labute approximate surface area is 145 Å². The van der Waals surface area contributed by atoms with Crippen LogP contribution in [0.4, 0.5) is 11.4 Å². The van der Waals surface area contributed by atoms with E-state index >= 15 is 0 Å². The second-order valence-electron chi connectivity index (χ2n) is 6.53. The molecule has 0 spiro atoms. The maximum Gasteiger partial charge on any atom is 0.328 e. The van der Waals surface area contributed by atoms with Gasteiger partial charge in [-0.2, -0.15) is 5.23 Å². The fourth-order valence-electron chi connectivity index (χ4n) is 4.16. The molecule has 1 aliphatic carbocycles. The predicted molar refractivity (Wildman–Crippen MR) is 91.7 cm³/mol. The number of hydrogen-bond donors (Lipinski definition) is 3. The molecule has 1 aliphatic heterocycles. The lowest BCUT2D eigenvalue weighted by molar-refractivity contribution is -0.991. The maximum absolute atomic E-state index is 12.5. The van der Waals surface area contributed by atoms with Crippen molar-refractivity contribution in [2.24, 2.45) is 5.92 Å². The standard InChI is InChI=1S/C19H20N2O4/c1-2-25-19(22)18-15-9-11-5-3-4-6-13(11)17(15)14-10-12(21(23)24)7-8-16(14)20-18/h3-8,10,15,17-18,20-21,23H,2,9H2,1H3. The van der Waals surface area contributed by atoms with Crippen LogP contribution in [0.25, 0.3) is 0 Å². The highest BCUT2D eigenvalue weighted by Gasteiger charge is 2.46. The fraction of sp³-hybridized carbons (Fsp3) is 0.316. The first kappa shape index (κ1) is 16.1. The third-order valence-corrected chi connectivity index (χ3v) is 5.19. The Morgan fingerprint density at radius 2 is 2.12 bits per heavy atom. The monoisotopic (exact) mass is 340 g/mol. The third kappa shape index (κ3) is 2.59. The highest BCUT2D eigenvalue weighted by atomic mass is 16.8. The van der Waals surface area contributed by atoms with Crippen LogP contribution < -0.4 is 10.5 Å². The van der Waals surface area contributed by atoms with Gasteiger partial charge in [0.25, 0.3) is 0 Å². The zero-order chi connectivity index (χ0) is 17.6. The van der Waals surface area contributed by atoms with E-state index in [9.17, 15) is 15.2 Å². The van der Waals surface area contributed by atoms with Crippen molar-refractivity contribution in [3.05, 3.63) is 64.4 Å². The van der Waals surface area contributed by atoms with Crippen molar-refractivity contribution < 1.29 is 20.0 Å². The number of benzene rings is 2. The number of esters is 1. The second-order valence-corrected chi connectivity index (χ2v) is 6.53. The number of anilines is 1. The summed E-state index contributed by atoms with van der Waals surface area (Å²) in [6, 6.07) is 12.8. The van der Waals surface area contributed by atoms with Crippen molar-refractivity contribution in [3.63, 3.8) is 0 Å². The van der Waals surface area contributed by atoms with Gasteiger partial charge in [0.1, 0.15) is 6.04 Å². The Balaban J connectivity index is 1.84. The summed E-state index contributed by atoms with van der Waals surface area (Å²) in [5, 5.41) is 23.1. The molecule has 0 aromatic heterocycles. The summed E-state index contributed by atoms with van der Waals surface area (Å²) in [6.07, 6.45) is 0.772. The fourth-order valence-corrected chi connectivity index (χ4v) is 4.16. The Morgan fingerprint density at radius 3 is 2.88 bits per heavy atom. The molecule has 2 aromatic rings. The van der Waals surface area contributed by atoms with Crippen LogP contribution in [0.15, 0.2) is 42.5 Å². The summed E-state index contributed by atoms with van der Waals surface area (Å²) in [5.41, 5.74) is 4.39. The first-order chi connectivity index (χ1) is 12.1. The predicted octanol–water partition coefficient (Wildman–Crippen LogP) is 1.75. The minimum Gasteiger partial charge on any atom is -0.595 e. The van der Waals surface area contributed by atoms with Gasteiger partial charge >= 0.3 is 5.97 Å². The van der Waals surface area contributed by atoms with Gasteiger partial charge in [0, 0.05) is 29.7 Å². The van der Waals surface area contributed by atoms with E-state index in [1.165, 1.54) is 11.1 Å². The minimum atomic E-state index is -0.946. The van der Waals surface area contributed by atoms with Gasteiger partial charge in [-0.15, -0.1) is 0 Å². The summed E-state index contributed by atoms with van der Waals surface area (Å²) in [5.74, 6) is -0.229. The van der Waals surface area contributed by atoms with Crippen LogP contribution in [-0.2, 0) is 16.0 Å². The molecule has 0 amide bonds. The summed E-state index contributed by atoms with van der Waals surface area (Å²) in [4.78, 5) is 12.5. The molecule has 0 radical (unpaired) electrons. The van der Waals surface area contributed by atoms with Crippen LogP contribution >= 0.6 is 0 Å². The molecule has 4 rings (SSSR count). The van der Waals surface area contributed by atoms with E-state index in [-0.39, 0.29) is 23.5 Å². The molecule has 1 heterocycles. The number of fused-ring (bicyclic) bond motifs is 5. The smallest absolute Gasteiger partial charge is 0.328 e. The quantitative estimate of drug-likeness (QED) is 0.585. The van der Waals surface area contributed by atoms with E-state index in [0.717, 1.165) is 17.7 Å². The molecule has 2 aromatic carbocycles. The molecule has 25 heavy (non-hydrogen) atoms. The zero-order valence-electron chi connectivity index (χ0n) is 13.9. The van der Waals surface area contributed by atoms with E-state index in [2.05, 4.69) is 17.4 Å². The van der Waals surface area contributed by atoms with E-state index in [0.29, 0.717) is 6.61 Å². The van der Waals surface area contributed by atoms with Gasteiger partial charge in [-0.1, -0.05) is 24.3 Å². The van der Waals surface area contributed by atoms with Crippen molar-refractivity contribution >= 4 is 17.3 Å². The molecular formula is C19H20N2O4. The molecule has 130 valence electrons. The topological polar surface area (TPSA) is 86.1 Å². The molecule has 4 atom stereocenters. The summed E-state index contributed by atoms with van der Waals surface area (Å²) in [7, 11) is 0. The number of hydrogen-bond acceptors (Lipinski definition) is 5. The highest BCUT2D eigenvalue weighted by molar-refractivity contribution is 5.83. The third-order valence-electron chi connectivity index (χ3n) is 5.19. The molecule has 6 nitrogen and oxygen atoms in total. The van der Waals surface area contributed by atoms with Crippen LogP contribution in [0.1, 0.15) is 29.5 Å². The van der Waals surface area contributed by atoms with Gasteiger partial charge in [0.15, 0.2) is 5.69 Å². The summed E-state index contributed by atoms with van der Waals surface area (Å²) >= 11 is 0. The summed E-state index contributed by atoms with van der Waals surface area (Å²) in [6.45, 7) is 2.14. The van der Waals surface area contributed by atoms with Gasteiger partial charge in [-0.05, 0) is 36.1 Å². The van der Waals surface area contributed by atoms with Crippen LogP contribution in [0.2, 0.25) is 0 Å². The SMILES string of the molecule is CCOC(=O)C1Nc2ccc([NH+]([O-])O)cc2C2c3ccccc3CC12. The lowest BCUT2D eigenvalue weighted by Crippen LogP contribution is -2.99. The van der Waals surface area contributed by atoms with Gasteiger partial charge in [-0.3, -0.25) is 0 Å². The number of rotatable bonds is 3. The first-order valence-electron chi connectivity index (χ1n) is 8.48. The molecule has 0 fully saturated rings. The van der Waals surface area contributed by atoms with E-state index < -0.39 is 11.3 Å². The van der Waals surface area contributed by atoms with Crippen LogP contribution in [0.3, 0.4) is 0 Å². The van der Waals surface area contributed by atoms with Gasteiger partial charge < -0.3 is 15.3 Å². The summed E-state index contributed by atoms with van der Waals surface area (Å²) < 4.78 is 5.27. The van der Waals surface area contributed by atoms with Crippen LogP contribution in [0, 0.1) is 11.1 Å². The van der Waals surface area contributed by atoms with Crippen LogP contribution in [0.5, 0.6) is 0 Å². The zero-order valence-corrected chi connectivity index (χ0v) is 13.9. The minimum absolute atomic E-state index is 0.00107. The molecule has 6 heteroatoms. The number of ether oxygens (including phenoxy) is 1. The largest absolute Gasteiger partial charge is 0.595 e. The van der Waals surface area contributed by atoms with Crippen LogP contribution in [-0.4, -0.2) is 23.8 Å². The lowest BCUT2D eigenvalue weighted by Gasteiger charge is -2.36. The van der Waals surface area contributed by atoms with E-state index in [1.54, 1.807) is 25.1 Å². The Bertz CT molecular complexity index is 821. The maximum atomic E-state index is 12.5. The van der Waals surface area contributed by atoms with E-state index in [4.69, 9.17) is 4.74 Å². The Hall–Kier alpha value is -2.41. The average Bonchev–Trinajstić information content (AvgIpc) is 3.00. The number of nitrogens with one attached hydrogen (secondary N) is 2. The molecule has 0 saturated heterocycles. The average molecular weight is 340 g/mol. The first-order valence-corrected chi connectivity index (χ1v) is 8.48. The van der Waals surface area contributed by atoms with Crippen molar-refractivity contribution in [3.8, 4) is 0 Å².